The van der Waals surface area contributed by atoms with Gasteiger partial charge in [0.25, 0.3) is 0 Å². The van der Waals surface area contributed by atoms with Gasteiger partial charge in [-0.1, -0.05) is 18.6 Å². The molecule has 2 aliphatic heterocycles. The second kappa shape index (κ2) is 4.94. The minimum atomic E-state index is -3.11. The Balaban J connectivity index is 2.04. The lowest BCUT2D eigenvalue weighted by Crippen LogP contribution is -2.38. The highest BCUT2D eigenvalue weighted by atomic mass is 32.2. The van der Waals surface area contributed by atoms with E-state index in [2.05, 4.69) is 0 Å². The molecular weight excluding hydrogens is 295 g/mol. The van der Waals surface area contributed by atoms with Crippen molar-refractivity contribution >= 4 is 21.4 Å². The number of carbonyl (C=O) groups is 1. The zero-order valence-electron chi connectivity index (χ0n) is 11.3. The molecule has 2 heterocycles. The highest BCUT2D eigenvalue weighted by molar-refractivity contribution is 7.93. The Morgan fingerprint density at radius 3 is 2.71 bits per heavy atom. The van der Waals surface area contributed by atoms with Crippen LogP contribution in [0.2, 0.25) is 0 Å². The van der Waals surface area contributed by atoms with Crippen molar-refractivity contribution in [3.63, 3.8) is 0 Å². The van der Waals surface area contributed by atoms with Crippen molar-refractivity contribution in [3.05, 3.63) is 41.2 Å². The second-order valence-electron chi connectivity index (χ2n) is 5.58. The van der Waals surface area contributed by atoms with E-state index in [-0.39, 0.29) is 5.56 Å². The topological polar surface area (TPSA) is 71.4 Å². The molecule has 2 unspecified atom stereocenters. The molecule has 2 bridgehead atoms. The van der Waals surface area contributed by atoms with Gasteiger partial charge in [0.2, 0.25) is 0 Å². The van der Waals surface area contributed by atoms with Crippen LogP contribution in [0.4, 0.5) is 4.39 Å². The Kier molecular flexibility index (Phi) is 3.36. The molecule has 1 aromatic rings. The molecular formula is C15H15FO4S. The summed E-state index contributed by atoms with van der Waals surface area (Å²) in [6.45, 7) is 0. The Morgan fingerprint density at radius 2 is 2.05 bits per heavy atom. The molecule has 1 N–H and O–H groups in total. The molecule has 21 heavy (non-hydrogen) atoms. The summed E-state index contributed by atoms with van der Waals surface area (Å²) in [5, 5.41) is 8.10. The molecule has 2 aliphatic rings. The first-order chi connectivity index (χ1) is 9.89. The van der Waals surface area contributed by atoms with E-state index in [0.29, 0.717) is 24.8 Å². The largest absolute Gasteiger partial charge is 0.478 e. The average molecular weight is 310 g/mol. The van der Waals surface area contributed by atoms with Gasteiger partial charge in [-0.2, -0.15) is 0 Å². The third-order valence-electron chi connectivity index (χ3n) is 4.30. The molecule has 4 nitrogen and oxygen atoms in total. The predicted molar refractivity (Wildman–Crippen MR) is 76.3 cm³/mol. The van der Waals surface area contributed by atoms with Gasteiger partial charge in [0.05, 0.1) is 16.1 Å². The maximum Gasteiger partial charge on any atom is 0.338 e. The fourth-order valence-corrected chi connectivity index (χ4v) is 5.41. The number of allylic oxidation sites excluding steroid dienone is 1. The van der Waals surface area contributed by atoms with Crippen molar-refractivity contribution < 1.29 is 22.7 Å². The summed E-state index contributed by atoms with van der Waals surface area (Å²) >= 11 is 0. The number of rotatable bonds is 2. The second-order valence-corrected chi connectivity index (χ2v) is 8.03. The molecule has 0 aromatic heterocycles. The molecule has 3 rings (SSSR count). The van der Waals surface area contributed by atoms with Crippen LogP contribution in [0, 0.1) is 5.82 Å². The van der Waals surface area contributed by atoms with Gasteiger partial charge in [-0.3, -0.25) is 0 Å². The standard InChI is InChI=1S/C15H15FO4S/c16-14-5-4-9(8-13(14)15(17)18)10-6-11-2-1-3-12(7-10)21(11,19)20/h4-6,8,11-12H,1-3,7H2,(H,17,18). The maximum atomic E-state index is 13.4. The van der Waals surface area contributed by atoms with Gasteiger partial charge >= 0.3 is 5.97 Å². The van der Waals surface area contributed by atoms with Crippen LogP contribution in [0.25, 0.3) is 5.57 Å². The molecule has 1 saturated heterocycles. The van der Waals surface area contributed by atoms with Crippen LogP contribution < -0.4 is 0 Å². The number of benzene rings is 1. The van der Waals surface area contributed by atoms with E-state index >= 15 is 0 Å². The SMILES string of the molecule is O=C(O)c1cc(C2=CC3CCCC(C2)S3(=O)=O)ccc1F. The molecule has 1 aromatic carbocycles. The quantitative estimate of drug-likeness (QED) is 0.911. The summed E-state index contributed by atoms with van der Waals surface area (Å²) in [5.74, 6) is -2.10. The Morgan fingerprint density at radius 1 is 1.29 bits per heavy atom. The Hall–Kier alpha value is -1.69. The van der Waals surface area contributed by atoms with Gasteiger partial charge in [0, 0.05) is 0 Å². The number of aromatic carboxylic acids is 1. The average Bonchev–Trinajstić information content (AvgIpc) is 2.38. The van der Waals surface area contributed by atoms with E-state index in [9.17, 15) is 17.6 Å². The number of sulfone groups is 1. The molecule has 0 saturated carbocycles. The molecule has 0 radical (unpaired) electrons. The number of carboxylic acid groups (broad SMARTS) is 1. The molecule has 112 valence electrons. The van der Waals surface area contributed by atoms with Crippen molar-refractivity contribution in [2.24, 2.45) is 0 Å². The van der Waals surface area contributed by atoms with Crippen molar-refractivity contribution in [1.82, 2.24) is 0 Å². The van der Waals surface area contributed by atoms with Crippen LogP contribution in [-0.4, -0.2) is 30.0 Å². The van der Waals surface area contributed by atoms with E-state index in [4.69, 9.17) is 5.11 Å². The first kappa shape index (κ1) is 14.3. The minimum absolute atomic E-state index is 0.378. The summed E-state index contributed by atoms with van der Waals surface area (Å²) in [5.41, 5.74) is 1.02. The van der Waals surface area contributed by atoms with Crippen molar-refractivity contribution in [1.29, 1.82) is 0 Å². The predicted octanol–water partition coefficient (Wildman–Crippen LogP) is 2.65. The first-order valence-electron chi connectivity index (χ1n) is 6.86. The van der Waals surface area contributed by atoms with E-state index in [1.807, 2.05) is 0 Å². The third kappa shape index (κ3) is 2.37. The fourth-order valence-electron chi connectivity index (χ4n) is 3.16. The number of halogens is 1. The van der Waals surface area contributed by atoms with Gasteiger partial charge in [-0.25, -0.2) is 17.6 Å². The van der Waals surface area contributed by atoms with E-state index in [0.717, 1.165) is 18.1 Å². The minimum Gasteiger partial charge on any atom is -0.478 e. The molecule has 1 fully saturated rings. The summed E-state index contributed by atoms with van der Waals surface area (Å²) in [7, 11) is -3.11. The first-order valence-corrected chi connectivity index (χ1v) is 8.47. The highest BCUT2D eigenvalue weighted by Gasteiger charge is 2.40. The van der Waals surface area contributed by atoms with Crippen LogP contribution in [0.3, 0.4) is 0 Å². The van der Waals surface area contributed by atoms with Gasteiger partial charge in [0.1, 0.15) is 5.82 Å². The van der Waals surface area contributed by atoms with Crippen molar-refractivity contribution in [2.75, 3.05) is 0 Å². The summed E-state index contributed by atoms with van der Waals surface area (Å²) in [4.78, 5) is 11.0. The van der Waals surface area contributed by atoms with Crippen LogP contribution >= 0.6 is 0 Å². The molecule has 2 atom stereocenters. The fraction of sp³-hybridized carbons (Fsp3) is 0.400. The van der Waals surface area contributed by atoms with Gasteiger partial charge in [0.15, 0.2) is 9.84 Å². The summed E-state index contributed by atoms with van der Waals surface area (Å²) in [6.07, 6.45) is 4.23. The number of hydrogen-bond donors (Lipinski definition) is 1. The number of hydrogen-bond acceptors (Lipinski definition) is 3. The number of carboxylic acids is 1. The smallest absolute Gasteiger partial charge is 0.338 e. The highest BCUT2D eigenvalue weighted by Crippen LogP contribution is 2.39. The Labute approximate surface area is 122 Å². The van der Waals surface area contributed by atoms with Crippen molar-refractivity contribution in [2.45, 2.75) is 36.2 Å². The molecule has 0 amide bonds. The molecule has 0 spiro atoms. The normalized spacial score (nSPS) is 27.0. The van der Waals surface area contributed by atoms with Crippen LogP contribution in [-0.2, 0) is 9.84 Å². The van der Waals surface area contributed by atoms with Gasteiger partial charge in [-0.05, 0) is 42.5 Å². The van der Waals surface area contributed by atoms with Crippen molar-refractivity contribution in [3.8, 4) is 0 Å². The molecule has 0 aliphatic carbocycles. The van der Waals surface area contributed by atoms with Gasteiger partial charge < -0.3 is 5.11 Å². The van der Waals surface area contributed by atoms with E-state index in [1.165, 1.54) is 12.1 Å². The zero-order valence-corrected chi connectivity index (χ0v) is 12.1. The maximum absolute atomic E-state index is 13.4. The molecule has 6 heteroatoms. The monoisotopic (exact) mass is 310 g/mol. The van der Waals surface area contributed by atoms with Crippen LogP contribution in [0.1, 0.15) is 41.6 Å². The third-order valence-corrected chi connectivity index (χ3v) is 6.85. The Bertz CT molecular complexity index is 736. The zero-order chi connectivity index (χ0) is 15.2. The lowest BCUT2D eigenvalue weighted by Gasteiger charge is -2.33. The lowest BCUT2D eigenvalue weighted by molar-refractivity contribution is 0.0692. The van der Waals surface area contributed by atoms with E-state index in [1.54, 1.807) is 6.08 Å². The van der Waals surface area contributed by atoms with Crippen LogP contribution in [0.15, 0.2) is 24.3 Å². The lowest BCUT2D eigenvalue weighted by atomic mass is 9.92. The van der Waals surface area contributed by atoms with Gasteiger partial charge in [-0.15, -0.1) is 0 Å². The van der Waals surface area contributed by atoms with Crippen LogP contribution in [0.5, 0.6) is 0 Å². The number of fused-ring (bicyclic) bond motifs is 2. The summed E-state index contributed by atoms with van der Waals surface area (Å²) < 4.78 is 37.9. The van der Waals surface area contributed by atoms with E-state index < -0.39 is 32.1 Å². The summed E-state index contributed by atoms with van der Waals surface area (Å²) in [6, 6.07) is 3.93.